The number of unbranched alkanes of at least 4 members (excludes halogenated alkanes) is 2. The summed E-state index contributed by atoms with van der Waals surface area (Å²) in [6, 6.07) is 0. The summed E-state index contributed by atoms with van der Waals surface area (Å²) in [5.74, 6) is -2.33. The topological polar surface area (TPSA) is 34.1 Å². The fourth-order valence-corrected chi connectivity index (χ4v) is 2.66. The van der Waals surface area contributed by atoms with Crippen LogP contribution in [0.25, 0.3) is 0 Å². The van der Waals surface area contributed by atoms with Crippen LogP contribution in [0, 0.1) is 5.41 Å². The van der Waals surface area contributed by atoms with Crippen LogP contribution in [0.15, 0.2) is 0 Å². The molecule has 1 aliphatic carbocycles. The quantitative estimate of drug-likeness (QED) is 0.558. The third-order valence-electron chi connectivity index (χ3n) is 3.69. The third-order valence-corrected chi connectivity index (χ3v) is 3.69. The summed E-state index contributed by atoms with van der Waals surface area (Å²) in [5, 5.41) is 0. The molecule has 0 aromatic heterocycles. The van der Waals surface area contributed by atoms with Gasteiger partial charge in [-0.25, -0.2) is 0 Å². The minimum absolute atomic E-state index is 0.0536. The van der Waals surface area contributed by atoms with Crippen LogP contribution in [0.2, 0.25) is 0 Å². The summed E-state index contributed by atoms with van der Waals surface area (Å²) >= 11 is 0. The average molecular weight is 264 g/mol. The smallest absolute Gasteiger partial charge is 0.299 e. The van der Waals surface area contributed by atoms with Crippen molar-refractivity contribution in [2.24, 2.45) is 5.41 Å². The molecule has 0 bridgehead atoms. The highest BCUT2D eigenvalue weighted by molar-refractivity contribution is 6.09. The van der Waals surface area contributed by atoms with E-state index >= 15 is 0 Å². The van der Waals surface area contributed by atoms with Crippen LogP contribution in [0.1, 0.15) is 58.3 Å². The van der Waals surface area contributed by atoms with Gasteiger partial charge in [0.2, 0.25) is 5.78 Å². The molecule has 104 valence electrons. The zero-order chi connectivity index (χ0) is 13.8. The van der Waals surface area contributed by atoms with Crippen LogP contribution < -0.4 is 0 Å². The molecule has 1 fully saturated rings. The maximum absolute atomic E-state index is 12.7. The lowest BCUT2D eigenvalue weighted by Gasteiger charge is -2.34. The van der Waals surface area contributed by atoms with Crippen LogP contribution in [0.5, 0.6) is 0 Å². The Morgan fingerprint density at radius 3 is 2.44 bits per heavy atom. The molecule has 1 rings (SSSR count). The number of hydrogen-bond acceptors (Lipinski definition) is 2. The first-order chi connectivity index (χ1) is 8.34. The molecule has 0 saturated heterocycles. The largest absolute Gasteiger partial charge is 0.451 e. The molecular weight excluding hydrogens is 245 g/mol. The standard InChI is InChI=1S/C13H19F3O2/c1-2-3-5-8-12(11(18)13(14,15)16)9-6-4-7-10(12)17/h2-9H2,1H3. The van der Waals surface area contributed by atoms with Gasteiger partial charge in [0.05, 0.1) is 5.41 Å². The maximum Gasteiger partial charge on any atom is 0.451 e. The molecule has 1 atom stereocenters. The predicted octanol–water partition coefficient (Wildman–Crippen LogP) is 3.83. The summed E-state index contributed by atoms with van der Waals surface area (Å²) in [6.07, 6.45) is -1.45. The highest BCUT2D eigenvalue weighted by Crippen LogP contribution is 2.43. The summed E-state index contributed by atoms with van der Waals surface area (Å²) < 4.78 is 38.0. The van der Waals surface area contributed by atoms with Gasteiger partial charge in [0.15, 0.2) is 0 Å². The summed E-state index contributed by atoms with van der Waals surface area (Å²) in [6.45, 7) is 1.93. The van der Waals surface area contributed by atoms with E-state index in [1.54, 1.807) is 0 Å². The average Bonchev–Trinajstić information content (AvgIpc) is 2.30. The van der Waals surface area contributed by atoms with Crippen molar-refractivity contribution in [3.63, 3.8) is 0 Å². The van der Waals surface area contributed by atoms with E-state index in [0.717, 1.165) is 12.8 Å². The van der Waals surface area contributed by atoms with E-state index in [1.807, 2.05) is 6.92 Å². The van der Waals surface area contributed by atoms with Crippen LogP contribution in [-0.2, 0) is 9.59 Å². The Hall–Kier alpha value is -0.870. The van der Waals surface area contributed by atoms with E-state index in [-0.39, 0.29) is 19.3 Å². The Morgan fingerprint density at radius 1 is 1.28 bits per heavy atom. The molecule has 0 spiro atoms. The number of rotatable bonds is 5. The van der Waals surface area contributed by atoms with Gasteiger partial charge in [0, 0.05) is 6.42 Å². The molecule has 0 N–H and O–H groups in total. The van der Waals surface area contributed by atoms with Crippen molar-refractivity contribution in [2.45, 2.75) is 64.5 Å². The van der Waals surface area contributed by atoms with Gasteiger partial charge in [-0.3, -0.25) is 9.59 Å². The fraction of sp³-hybridized carbons (Fsp3) is 0.846. The van der Waals surface area contributed by atoms with Crippen molar-refractivity contribution in [1.82, 2.24) is 0 Å². The van der Waals surface area contributed by atoms with Crippen molar-refractivity contribution in [3.05, 3.63) is 0 Å². The molecular formula is C13H19F3O2. The number of ketones is 2. The molecule has 1 unspecified atom stereocenters. The van der Waals surface area contributed by atoms with Gasteiger partial charge >= 0.3 is 6.18 Å². The molecule has 0 aromatic carbocycles. The first kappa shape index (κ1) is 15.2. The van der Waals surface area contributed by atoms with E-state index in [1.165, 1.54) is 0 Å². The number of hydrogen-bond donors (Lipinski definition) is 0. The second-order valence-electron chi connectivity index (χ2n) is 5.00. The van der Waals surface area contributed by atoms with Gasteiger partial charge in [-0.1, -0.05) is 32.6 Å². The van der Waals surface area contributed by atoms with Crippen LogP contribution in [-0.4, -0.2) is 17.7 Å². The minimum Gasteiger partial charge on any atom is -0.299 e. The van der Waals surface area contributed by atoms with Crippen LogP contribution in [0.4, 0.5) is 13.2 Å². The maximum atomic E-state index is 12.7. The number of Topliss-reactive ketones (excluding diaryl/α,β-unsaturated/α-hetero) is 2. The molecule has 0 radical (unpaired) electrons. The lowest BCUT2D eigenvalue weighted by molar-refractivity contribution is -0.185. The van der Waals surface area contributed by atoms with Crippen molar-refractivity contribution in [3.8, 4) is 0 Å². The molecule has 5 heteroatoms. The first-order valence-corrected chi connectivity index (χ1v) is 6.49. The van der Waals surface area contributed by atoms with Crippen molar-refractivity contribution in [1.29, 1.82) is 0 Å². The van der Waals surface area contributed by atoms with E-state index in [0.29, 0.717) is 19.3 Å². The normalized spacial score (nSPS) is 25.2. The van der Waals surface area contributed by atoms with E-state index in [2.05, 4.69) is 0 Å². The van der Waals surface area contributed by atoms with Gasteiger partial charge in [0.25, 0.3) is 0 Å². The van der Waals surface area contributed by atoms with Gasteiger partial charge in [-0.05, 0) is 19.3 Å². The SMILES string of the molecule is CCCCCC1(C(=O)C(F)(F)F)CCCCC1=O. The van der Waals surface area contributed by atoms with Crippen molar-refractivity contribution >= 4 is 11.6 Å². The lowest BCUT2D eigenvalue weighted by atomic mass is 9.67. The Bertz CT molecular complexity index is 323. The van der Waals surface area contributed by atoms with Crippen LogP contribution in [0.3, 0.4) is 0 Å². The Morgan fingerprint density at radius 2 is 1.94 bits per heavy atom. The Balaban J connectivity index is 2.93. The highest BCUT2D eigenvalue weighted by atomic mass is 19.4. The van der Waals surface area contributed by atoms with Gasteiger partial charge < -0.3 is 0 Å². The monoisotopic (exact) mass is 264 g/mol. The number of alkyl halides is 3. The highest BCUT2D eigenvalue weighted by Gasteiger charge is 2.56. The van der Waals surface area contributed by atoms with E-state index in [4.69, 9.17) is 0 Å². The Labute approximate surface area is 105 Å². The van der Waals surface area contributed by atoms with Gasteiger partial charge in [-0.15, -0.1) is 0 Å². The second kappa shape index (κ2) is 5.85. The van der Waals surface area contributed by atoms with Gasteiger partial charge in [0.1, 0.15) is 5.78 Å². The molecule has 0 aromatic rings. The number of halogens is 3. The summed E-state index contributed by atoms with van der Waals surface area (Å²) in [5.41, 5.74) is -1.77. The molecule has 0 aliphatic heterocycles. The van der Waals surface area contributed by atoms with Crippen molar-refractivity contribution in [2.75, 3.05) is 0 Å². The molecule has 1 saturated carbocycles. The molecule has 2 nitrogen and oxygen atoms in total. The third kappa shape index (κ3) is 3.12. The summed E-state index contributed by atoms with van der Waals surface area (Å²) in [4.78, 5) is 23.5. The molecule has 0 amide bonds. The Kier molecular flexibility index (Phi) is 4.93. The number of carbonyl (C=O) groups excluding carboxylic acids is 2. The van der Waals surface area contributed by atoms with E-state index < -0.39 is 23.2 Å². The predicted molar refractivity (Wildman–Crippen MR) is 61.1 cm³/mol. The number of carbonyl (C=O) groups is 2. The minimum atomic E-state index is -4.90. The van der Waals surface area contributed by atoms with Crippen molar-refractivity contribution < 1.29 is 22.8 Å². The summed E-state index contributed by atoms with van der Waals surface area (Å²) in [7, 11) is 0. The van der Waals surface area contributed by atoms with Crippen LogP contribution >= 0.6 is 0 Å². The fourth-order valence-electron chi connectivity index (χ4n) is 2.66. The molecule has 18 heavy (non-hydrogen) atoms. The molecule has 0 heterocycles. The second-order valence-corrected chi connectivity index (χ2v) is 5.00. The first-order valence-electron chi connectivity index (χ1n) is 6.49. The lowest BCUT2D eigenvalue weighted by Crippen LogP contribution is -2.48. The van der Waals surface area contributed by atoms with E-state index in [9.17, 15) is 22.8 Å². The van der Waals surface area contributed by atoms with Gasteiger partial charge in [-0.2, -0.15) is 13.2 Å². The zero-order valence-corrected chi connectivity index (χ0v) is 10.6. The zero-order valence-electron chi connectivity index (χ0n) is 10.6. The molecule has 1 aliphatic rings.